The first-order chi connectivity index (χ1) is 9.56. The minimum atomic E-state index is -0.270. The second-order valence-corrected chi connectivity index (χ2v) is 5.16. The zero-order valence-corrected chi connectivity index (χ0v) is 11.7. The van der Waals surface area contributed by atoms with Crippen LogP contribution < -0.4 is 10.5 Å². The molecule has 0 atom stereocenters. The maximum atomic E-state index is 12.0. The lowest BCUT2D eigenvalue weighted by Crippen LogP contribution is -2.43. The van der Waals surface area contributed by atoms with Crippen LogP contribution in [0.1, 0.15) is 18.4 Å². The standard InChI is InChI=1S/C15H20N2O3/c1-11-2-4-13(5-3-11)20-10-14(18)17-8-6-12(7-9-17)15(16)19/h2-5,12H,6-10H2,1H3,(H2,16,19). The van der Waals surface area contributed by atoms with E-state index in [0.29, 0.717) is 31.7 Å². The first kappa shape index (κ1) is 14.4. The Labute approximate surface area is 118 Å². The lowest BCUT2D eigenvalue weighted by molar-refractivity contribution is -0.136. The Balaban J connectivity index is 1.78. The van der Waals surface area contributed by atoms with Crippen molar-refractivity contribution in [3.8, 4) is 5.75 Å². The molecule has 1 aromatic carbocycles. The first-order valence-corrected chi connectivity index (χ1v) is 6.83. The maximum absolute atomic E-state index is 12.0. The molecular formula is C15H20N2O3. The van der Waals surface area contributed by atoms with Gasteiger partial charge in [0.1, 0.15) is 5.75 Å². The molecule has 2 N–H and O–H groups in total. The van der Waals surface area contributed by atoms with E-state index in [0.717, 1.165) is 5.56 Å². The molecule has 0 spiro atoms. The van der Waals surface area contributed by atoms with Gasteiger partial charge in [-0.3, -0.25) is 9.59 Å². The summed E-state index contributed by atoms with van der Waals surface area (Å²) in [6, 6.07) is 7.58. The molecular weight excluding hydrogens is 256 g/mol. The van der Waals surface area contributed by atoms with E-state index in [9.17, 15) is 9.59 Å². The van der Waals surface area contributed by atoms with Gasteiger partial charge in [-0.2, -0.15) is 0 Å². The lowest BCUT2D eigenvalue weighted by atomic mass is 9.96. The monoisotopic (exact) mass is 276 g/mol. The van der Waals surface area contributed by atoms with Crippen LogP contribution in [0.3, 0.4) is 0 Å². The molecule has 108 valence electrons. The molecule has 0 saturated carbocycles. The number of ether oxygens (including phenoxy) is 1. The quantitative estimate of drug-likeness (QED) is 0.895. The highest BCUT2D eigenvalue weighted by atomic mass is 16.5. The SMILES string of the molecule is Cc1ccc(OCC(=O)N2CCC(C(N)=O)CC2)cc1. The van der Waals surface area contributed by atoms with E-state index in [2.05, 4.69) is 0 Å². The van der Waals surface area contributed by atoms with E-state index in [1.54, 1.807) is 4.90 Å². The molecule has 5 nitrogen and oxygen atoms in total. The number of carbonyl (C=O) groups is 2. The van der Waals surface area contributed by atoms with Gasteiger partial charge >= 0.3 is 0 Å². The number of benzene rings is 1. The molecule has 1 saturated heterocycles. The van der Waals surface area contributed by atoms with Crippen LogP contribution in [0.15, 0.2) is 24.3 Å². The largest absolute Gasteiger partial charge is 0.484 e. The van der Waals surface area contributed by atoms with Crippen LogP contribution in [0.4, 0.5) is 0 Å². The van der Waals surface area contributed by atoms with Gasteiger partial charge in [0.05, 0.1) is 0 Å². The summed E-state index contributed by atoms with van der Waals surface area (Å²) in [5.41, 5.74) is 6.42. The van der Waals surface area contributed by atoms with Crippen molar-refractivity contribution in [2.75, 3.05) is 19.7 Å². The molecule has 2 rings (SSSR count). The predicted octanol–water partition coefficient (Wildman–Crippen LogP) is 1.10. The molecule has 2 amide bonds. The second-order valence-electron chi connectivity index (χ2n) is 5.16. The van der Waals surface area contributed by atoms with Gasteiger partial charge in [-0.05, 0) is 31.9 Å². The van der Waals surface area contributed by atoms with Crippen LogP contribution in [0.5, 0.6) is 5.75 Å². The van der Waals surface area contributed by atoms with Gasteiger partial charge in [-0.25, -0.2) is 0 Å². The fraction of sp³-hybridized carbons (Fsp3) is 0.467. The van der Waals surface area contributed by atoms with Gasteiger partial charge in [-0.1, -0.05) is 17.7 Å². The maximum Gasteiger partial charge on any atom is 0.260 e. The zero-order chi connectivity index (χ0) is 14.5. The summed E-state index contributed by atoms with van der Waals surface area (Å²) in [4.78, 5) is 24.8. The Morgan fingerprint density at radius 1 is 1.25 bits per heavy atom. The smallest absolute Gasteiger partial charge is 0.260 e. The Morgan fingerprint density at radius 2 is 1.85 bits per heavy atom. The summed E-state index contributed by atoms with van der Waals surface area (Å²) in [5, 5.41) is 0. The number of carbonyl (C=O) groups excluding carboxylic acids is 2. The molecule has 20 heavy (non-hydrogen) atoms. The minimum absolute atomic E-state index is 0.0320. The van der Waals surface area contributed by atoms with Gasteiger partial charge in [0, 0.05) is 19.0 Å². The van der Waals surface area contributed by atoms with Crippen LogP contribution >= 0.6 is 0 Å². The number of aryl methyl sites for hydroxylation is 1. The van der Waals surface area contributed by atoms with Crippen molar-refractivity contribution in [3.05, 3.63) is 29.8 Å². The molecule has 0 bridgehead atoms. The van der Waals surface area contributed by atoms with Crippen molar-refractivity contribution in [2.24, 2.45) is 11.7 Å². The number of piperidine rings is 1. The highest BCUT2D eigenvalue weighted by Gasteiger charge is 2.25. The van der Waals surface area contributed by atoms with E-state index in [4.69, 9.17) is 10.5 Å². The topological polar surface area (TPSA) is 72.6 Å². The molecule has 0 aromatic heterocycles. The zero-order valence-electron chi connectivity index (χ0n) is 11.7. The van der Waals surface area contributed by atoms with Gasteiger partial charge in [0.2, 0.25) is 5.91 Å². The van der Waals surface area contributed by atoms with Crippen molar-refractivity contribution in [2.45, 2.75) is 19.8 Å². The first-order valence-electron chi connectivity index (χ1n) is 6.83. The highest BCUT2D eigenvalue weighted by molar-refractivity contribution is 5.79. The van der Waals surface area contributed by atoms with Gasteiger partial charge in [0.25, 0.3) is 5.91 Å². The van der Waals surface area contributed by atoms with E-state index in [1.807, 2.05) is 31.2 Å². The van der Waals surface area contributed by atoms with Crippen LogP contribution in [0.25, 0.3) is 0 Å². The molecule has 1 aliphatic rings. The summed E-state index contributed by atoms with van der Waals surface area (Å²) in [6.45, 7) is 3.18. The van der Waals surface area contributed by atoms with Crippen LogP contribution in [0, 0.1) is 12.8 Å². The number of amides is 2. The summed E-state index contributed by atoms with van der Waals surface area (Å²) in [6.07, 6.45) is 1.29. The number of likely N-dealkylation sites (tertiary alicyclic amines) is 1. The van der Waals surface area contributed by atoms with Gasteiger partial charge in [-0.15, -0.1) is 0 Å². The summed E-state index contributed by atoms with van der Waals surface area (Å²) < 4.78 is 5.47. The van der Waals surface area contributed by atoms with Crippen LogP contribution in [-0.4, -0.2) is 36.4 Å². The van der Waals surface area contributed by atoms with Crippen molar-refractivity contribution < 1.29 is 14.3 Å². The Hall–Kier alpha value is -2.04. The normalized spacial score (nSPS) is 15.9. The van der Waals surface area contributed by atoms with Crippen LogP contribution in [0.2, 0.25) is 0 Å². The number of primary amides is 1. The van der Waals surface area contributed by atoms with Crippen molar-refractivity contribution in [1.82, 2.24) is 4.90 Å². The Kier molecular flexibility index (Phi) is 4.61. The van der Waals surface area contributed by atoms with E-state index < -0.39 is 0 Å². The molecule has 1 heterocycles. The second kappa shape index (κ2) is 6.41. The molecule has 5 heteroatoms. The van der Waals surface area contributed by atoms with Gasteiger partial charge in [0.15, 0.2) is 6.61 Å². The Bertz CT molecular complexity index is 476. The van der Waals surface area contributed by atoms with Crippen molar-refractivity contribution >= 4 is 11.8 Å². The molecule has 0 radical (unpaired) electrons. The van der Waals surface area contributed by atoms with E-state index in [1.165, 1.54) is 0 Å². The number of nitrogens with two attached hydrogens (primary N) is 1. The average Bonchev–Trinajstić information content (AvgIpc) is 2.46. The molecule has 1 fully saturated rings. The number of rotatable bonds is 4. The molecule has 0 aliphatic carbocycles. The number of nitrogens with zero attached hydrogens (tertiary/aromatic N) is 1. The van der Waals surface area contributed by atoms with E-state index >= 15 is 0 Å². The number of hydrogen-bond acceptors (Lipinski definition) is 3. The highest BCUT2D eigenvalue weighted by Crippen LogP contribution is 2.17. The fourth-order valence-corrected chi connectivity index (χ4v) is 2.28. The summed E-state index contributed by atoms with van der Waals surface area (Å²) in [5.74, 6) is 0.273. The number of hydrogen-bond donors (Lipinski definition) is 1. The van der Waals surface area contributed by atoms with E-state index in [-0.39, 0.29) is 24.3 Å². The van der Waals surface area contributed by atoms with Gasteiger partial charge < -0.3 is 15.4 Å². The van der Waals surface area contributed by atoms with Crippen LogP contribution in [-0.2, 0) is 9.59 Å². The van der Waals surface area contributed by atoms with Crippen molar-refractivity contribution in [3.63, 3.8) is 0 Å². The van der Waals surface area contributed by atoms with Crippen molar-refractivity contribution in [1.29, 1.82) is 0 Å². The molecule has 0 unspecified atom stereocenters. The predicted molar refractivity (Wildman–Crippen MR) is 75.2 cm³/mol. The average molecular weight is 276 g/mol. The lowest BCUT2D eigenvalue weighted by Gasteiger charge is -2.30. The third-order valence-electron chi connectivity index (χ3n) is 3.63. The summed E-state index contributed by atoms with van der Waals surface area (Å²) >= 11 is 0. The fourth-order valence-electron chi connectivity index (χ4n) is 2.28. The molecule has 1 aromatic rings. The minimum Gasteiger partial charge on any atom is -0.484 e. The molecule has 1 aliphatic heterocycles. The summed E-state index contributed by atoms with van der Waals surface area (Å²) in [7, 11) is 0. The third-order valence-corrected chi connectivity index (χ3v) is 3.63. The third kappa shape index (κ3) is 3.73. The Morgan fingerprint density at radius 3 is 2.40 bits per heavy atom.